The van der Waals surface area contributed by atoms with Crippen molar-refractivity contribution in [2.24, 2.45) is 0 Å². The minimum atomic E-state index is -0.230. The largest absolute Gasteiger partial charge is 0.496 e. The monoisotopic (exact) mass is 396 g/mol. The van der Waals surface area contributed by atoms with Gasteiger partial charge in [0.15, 0.2) is 0 Å². The van der Waals surface area contributed by atoms with Gasteiger partial charge in [0.2, 0.25) is 0 Å². The molecule has 130 valence electrons. The number of rotatable bonds is 3. The summed E-state index contributed by atoms with van der Waals surface area (Å²) in [5.74, 6) is 0.709. The van der Waals surface area contributed by atoms with Crippen LogP contribution in [-0.2, 0) is 4.74 Å². The van der Waals surface area contributed by atoms with Crippen molar-refractivity contribution in [1.29, 1.82) is 0 Å². The van der Waals surface area contributed by atoms with Crippen LogP contribution in [0.4, 0.5) is 4.79 Å². The summed E-state index contributed by atoms with van der Waals surface area (Å²) in [5.41, 5.74) is 0.635. The van der Waals surface area contributed by atoms with Crippen LogP contribution >= 0.6 is 15.9 Å². The number of hydrogen-bond donors (Lipinski definition) is 0. The number of piperidine rings is 1. The minimum absolute atomic E-state index is 0.00849. The van der Waals surface area contributed by atoms with Gasteiger partial charge in [0.1, 0.15) is 11.9 Å². The number of nitrogens with zero attached hydrogens (tertiary/aromatic N) is 2. The fourth-order valence-corrected chi connectivity index (χ4v) is 3.83. The second kappa shape index (κ2) is 7.01. The Kier molecular flexibility index (Phi) is 4.99. The lowest BCUT2D eigenvalue weighted by molar-refractivity contribution is 0.0658. The Balaban J connectivity index is 1.61. The maximum Gasteiger partial charge on any atom is 0.410 e. The summed E-state index contributed by atoms with van der Waals surface area (Å²) < 4.78 is 11.2. The van der Waals surface area contributed by atoms with Crippen molar-refractivity contribution in [2.75, 3.05) is 26.7 Å². The highest BCUT2D eigenvalue weighted by Gasteiger charge is 2.36. The SMILES string of the molecule is COc1ccc(C(=O)N2CCC(N3CC(C)OC3=O)CC2)cc1Br. The number of methoxy groups -OCH3 is 1. The summed E-state index contributed by atoms with van der Waals surface area (Å²) in [6, 6.07) is 5.50. The summed E-state index contributed by atoms with van der Waals surface area (Å²) in [6.45, 7) is 3.83. The fourth-order valence-electron chi connectivity index (χ4n) is 3.29. The van der Waals surface area contributed by atoms with Crippen molar-refractivity contribution in [2.45, 2.75) is 31.9 Å². The van der Waals surface area contributed by atoms with E-state index in [-0.39, 0.29) is 24.1 Å². The van der Waals surface area contributed by atoms with E-state index < -0.39 is 0 Å². The van der Waals surface area contributed by atoms with E-state index in [0.717, 1.165) is 17.3 Å². The molecule has 0 saturated carbocycles. The van der Waals surface area contributed by atoms with Crippen molar-refractivity contribution in [3.05, 3.63) is 28.2 Å². The predicted molar refractivity (Wildman–Crippen MR) is 92.3 cm³/mol. The molecule has 2 saturated heterocycles. The molecule has 0 spiro atoms. The average Bonchev–Trinajstić information content (AvgIpc) is 2.92. The average molecular weight is 397 g/mol. The number of hydrogen-bond acceptors (Lipinski definition) is 4. The molecule has 2 aliphatic rings. The van der Waals surface area contributed by atoms with E-state index >= 15 is 0 Å². The molecule has 1 unspecified atom stereocenters. The maximum absolute atomic E-state index is 12.7. The van der Waals surface area contributed by atoms with Crippen LogP contribution in [0.25, 0.3) is 0 Å². The highest BCUT2D eigenvalue weighted by molar-refractivity contribution is 9.10. The third-order valence-corrected chi connectivity index (χ3v) is 5.20. The molecule has 3 rings (SSSR count). The van der Waals surface area contributed by atoms with Crippen LogP contribution in [0.15, 0.2) is 22.7 Å². The summed E-state index contributed by atoms with van der Waals surface area (Å²) in [5, 5.41) is 0. The Labute approximate surface area is 149 Å². The zero-order valence-corrected chi connectivity index (χ0v) is 15.4. The van der Waals surface area contributed by atoms with Gasteiger partial charge in [-0.25, -0.2) is 4.79 Å². The van der Waals surface area contributed by atoms with Crippen molar-refractivity contribution in [3.63, 3.8) is 0 Å². The molecule has 2 heterocycles. The summed E-state index contributed by atoms with van der Waals surface area (Å²) in [4.78, 5) is 28.1. The van der Waals surface area contributed by atoms with Gasteiger partial charge in [-0.3, -0.25) is 4.79 Å². The fraction of sp³-hybridized carbons (Fsp3) is 0.529. The summed E-state index contributed by atoms with van der Waals surface area (Å²) in [7, 11) is 1.59. The van der Waals surface area contributed by atoms with Crippen LogP contribution in [0, 0.1) is 0 Å². The van der Waals surface area contributed by atoms with Gasteiger partial charge < -0.3 is 19.3 Å². The second-order valence-electron chi connectivity index (χ2n) is 6.22. The van der Waals surface area contributed by atoms with E-state index in [2.05, 4.69) is 15.9 Å². The van der Waals surface area contributed by atoms with Gasteiger partial charge in [0, 0.05) is 24.7 Å². The number of carbonyl (C=O) groups excluding carboxylic acids is 2. The van der Waals surface area contributed by atoms with Crippen LogP contribution < -0.4 is 4.74 Å². The quantitative estimate of drug-likeness (QED) is 0.787. The number of carbonyl (C=O) groups is 2. The van der Waals surface area contributed by atoms with Crippen LogP contribution in [0.5, 0.6) is 5.75 Å². The number of cyclic esters (lactones) is 1. The zero-order valence-electron chi connectivity index (χ0n) is 13.8. The lowest BCUT2D eigenvalue weighted by Crippen LogP contribution is -2.47. The van der Waals surface area contributed by atoms with E-state index in [4.69, 9.17) is 9.47 Å². The van der Waals surface area contributed by atoms with Gasteiger partial charge in [0.05, 0.1) is 18.1 Å². The molecular formula is C17H21BrN2O4. The molecule has 0 aromatic heterocycles. The highest BCUT2D eigenvalue weighted by atomic mass is 79.9. The van der Waals surface area contributed by atoms with Gasteiger partial charge >= 0.3 is 6.09 Å². The molecule has 2 fully saturated rings. The Morgan fingerprint density at radius 3 is 2.58 bits per heavy atom. The second-order valence-corrected chi connectivity index (χ2v) is 7.07. The van der Waals surface area contributed by atoms with Crippen LogP contribution in [0.3, 0.4) is 0 Å². The number of likely N-dealkylation sites (tertiary alicyclic amines) is 1. The molecule has 2 amide bonds. The lowest BCUT2D eigenvalue weighted by Gasteiger charge is -2.35. The first-order chi connectivity index (χ1) is 11.5. The van der Waals surface area contributed by atoms with Crippen molar-refractivity contribution >= 4 is 27.9 Å². The number of benzene rings is 1. The first kappa shape index (κ1) is 17.1. The molecule has 1 aromatic carbocycles. The van der Waals surface area contributed by atoms with Gasteiger partial charge in [-0.15, -0.1) is 0 Å². The van der Waals surface area contributed by atoms with E-state index in [0.29, 0.717) is 30.9 Å². The van der Waals surface area contributed by atoms with E-state index in [9.17, 15) is 9.59 Å². The third kappa shape index (κ3) is 3.36. The molecular weight excluding hydrogens is 376 g/mol. The minimum Gasteiger partial charge on any atom is -0.496 e. The molecule has 7 heteroatoms. The molecule has 0 bridgehead atoms. The van der Waals surface area contributed by atoms with Crippen molar-refractivity contribution < 1.29 is 19.1 Å². The van der Waals surface area contributed by atoms with Gasteiger partial charge in [-0.05, 0) is 53.9 Å². The van der Waals surface area contributed by atoms with Crippen LogP contribution in [0.1, 0.15) is 30.1 Å². The summed E-state index contributed by atoms with van der Waals surface area (Å²) >= 11 is 3.41. The molecule has 1 aromatic rings. The van der Waals surface area contributed by atoms with Crippen LogP contribution in [0.2, 0.25) is 0 Å². The smallest absolute Gasteiger partial charge is 0.410 e. The first-order valence-electron chi connectivity index (χ1n) is 8.09. The Morgan fingerprint density at radius 2 is 2.04 bits per heavy atom. The topological polar surface area (TPSA) is 59.1 Å². The van der Waals surface area contributed by atoms with Crippen molar-refractivity contribution in [1.82, 2.24) is 9.80 Å². The number of ether oxygens (including phenoxy) is 2. The molecule has 2 aliphatic heterocycles. The van der Waals surface area contributed by atoms with Crippen molar-refractivity contribution in [3.8, 4) is 5.75 Å². The number of halogens is 1. The maximum atomic E-state index is 12.7. The Bertz CT molecular complexity index is 643. The van der Waals surface area contributed by atoms with E-state index in [1.54, 1.807) is 30.2 Å². The Morgan fingerprint density at radius 1 is 1.33 bits per heavy atom. The molecule has 1 atom stereocenters. The molecule has 0 N–H and O–H groups in total. The molecule has 6 nitrogen and oxygen atoms in total. The van der Waals surface area contributed by atoms with Gasteiger partial charge in [-0.1, -0.05) is 0 Å². The molecule has 0 radical (unpaired) electrons. The third-order valence-electron chi connectivity index (χ3n) is 4.58. The Hall–Kier alpha value is -1.76. The molecule has 24 heavy (non-hydrogen) atoms. The normalized spacial score (nSPS) is 21.8. The van der Waals surface area contributed by atoms with E-state index in [1.807, 2.05) is 11.8 Å². The van der Waals surface area contributed by atoms with Gasteiger partial charge in [-0.2, -0.15) is 0 Å². The lowest BCUT2D eigenvalue weighted by atomic mass is 10.0. The first-order valence-corrected chi connectivity index (χ1v) is 8.89. The predicted octanol–water partition coefficient (Wildman–Crippen LogP) is 2.90. The molecule has 0 aliphatic carbocycles. The van der Waals surface area contributed by atoms with Crippen LogP contribution in [-0.4, -0.2) is 60.7 Å². The standard InChI is InChI=1S/C17H21BrN2O4/c1-11-10-20(17(22)24-11)13-5-7-19(8-6-13)16(21)12-3-4-15(23-2)14(18)9-12/h3-4,9,11,13H,5-8,10H2,1-2H3. The highest BCUT2D eigenvalue weighted by Crippen LogP contribution is 2.27. The number of amides is 2. The van der Waals surface area contributed by atoms with Gasteiger partial charge in [0.25, 0.3) is 5.91 Å². The summed E-state index contributed by atoms with van der Waals surface area (Å²) in [6.07, 6.45) is 1.29. The zero-order chi connectivity index (χ0) is 17.3. The van der Waals surface area contributed by atoms with E-state index in [1.165, 1.54) is 0 Å².